The fraction of sp³-hybridized carbons (Fsp3) is 0.333. The SMILES string of the molecule is O=S(=O)(c1ccccc1)[C@@H]1CCCO[C@H]1c1ccco1. The predicted octanol–water partition coefficient (Wildman–Crippen LogP) is 2.97. The van der Waals surface area contributed by atoms with Crippen LogP contribution < -0.4 is 0 Å². The highest BCUT2D eigenvalue weighted by Gasteiger charge is 2.39. The van der Waals surface area contributed by atoms with Crippen molar-refractivity contribution < 1.29 is 17.6 Å². The van der Waals surface area contributed by atoms with Crippen molar-refractivity contribution >= 4 is 9.84 Å². The number of sulfone groups is 1. The first-order valence-corrected chi connectivity index (χ1v) is 8.18. The molecule has 0 N–H and O–H groups in total. The topological polar surface area (TPSA) is 56.5 Å². The lowest BCUT2D eigenvalue weighted by atomic mass is 10.1. The van der Waals surface area contributed by atoms with Crippen molar-refractivity contribution in [3.05, 3.63) is 54.5 Å². The third-order valence-electron chi connectivity index (χ3n) is 3.56. The largest absolute Gasteiger partial charge is 0.467 e. The van der Waals surface area contributed by atoms with Crippen LogP contribution in [-0.2, 0) is 14.6 Å². The van der Waals surface area contributed by atoms with E-state index in [2.05, 4.69) is 0 Å². The number of furan rings is 1. The summed E-state index contributed by atoms with van der Waals surface area (Å²) in [4.78, 5) is 0.340. The Morgan fingerprint density at radius 2 is 1.85 bits per heavy atom. The van der Waals surface area contributed by atoms with Gasteiger partial charge in [-0.1, -0.05) is 18.2 Å². The summed E-state index contributed by atoms with van der Waals surface area (Å²) in [5, 5.41) is -0.593. The maximum atomic E-state index is 12.8. The van der Waals surface area contributed by atoms with Crippen LogP contribution in [0.4, 0.5) is 0 Å². The Kier molecular flexibility index (Phi) is 3.63. The van der Waals surface area contributed by atoms with Gasteiger partial charge < -0.3 is 9.15 Å². The van der Waals surface area contributed by atoms with E-state index in [4.69, 9.17) is 9.15 Å². The highest BCUT2D eigenvalue weighted by atomic mass is 32.2. The summed E-state index contributed by atoms with van der Waals surface area (Å²) >= 11 is 0. The van der Waals surface area contributed by atoms with Gasteiger partial charge >= 0.3 is 0 Å². The van der Waals surface area contributed by atoms with E-state index in [1.54, 1.807) is 48.7 Å². The summed E-state index contributed by atoms with van der Waals surface area (Å²) in [7, 11) is -3.42. The summed E-state index contributed by atoms with van der Waals surface area (Å²) in [5.41, 5.74) is 0. The predicted molar refractivity (Wildman–Crippen MR) is 74.1 cm³/mol. The highest BCUT2D eigenvalue weighted by molar-refractivity contribution is 7.92. The number of benzene rings is 1. The minimum Gasteiger partial charge on any atom is -0.467 e. The molecule has 20 heavy (non-hydrogen) atoms. The van der Waals surface area contributed by atoms with Crippen molar-refractivity contribution in [1.29, 1.82) is 0 Å². The first-order valence-electron chi connectivity index (χ1n) is 6.63. The lowest BCUT2D eigenvalue weighted by Crippen LogP contribution is -2.34. The van der Waals surface area contributed by atoms with Crippen LogP contribution in [0.3, 0.4) is 0 Å². The molecule has 3 rings (SSSR count). The van der Waals surface area contributed by atoms with Gasteiger partial charge in [-0.25, -0.2) is 8.42 Å². The molecule has 2 aromatic rings. The molecule has 0 saturated carbocycles. The zero-order valence-electron chi connectivity index (χ0n) is 10.9. The van der Waals surface area contributed by atoms with E-state index in [1.807, 2.05) is 0 Å². The Morgan fingerprint density at radius 1 is 1.05 bits per heavy atom. The molecule has 0 amide bonds. The monoisotopic (exact) mass is 292 g/mol. The summed E-state index contributed by atoms with van der Waals surface area (Å²) in [5.74, 6) is 0.578. The molecule has 0 spiro atoms. The van der Waals surface area contributed by atoms with E-state index in [1.165, 1.54) is 0 Å². The molecule has 0 bridgehead atoms. The number of ether oxygens (including phenoxy) is 1. The number of hydrogen-bond donors (Lipinski definition) is 0. The Hall–Kier alpha value is -1.59. The van der Waals surface area contributed by atoms with Crippen molar-refractivity contribution in [2.24, 2.45) is 0 Å². The molecule has 2 atom stereocenters. The van der Waals surface area contributed by atoms with Gasteiger partial charge in [-0.2, -0.15) is 0 Å². The smallest absolute Gasteiger partial charge is 0.184 e. The summed E-state index contributed by atoms with van der Waals surface area (Å²) in [6.45, 7) is 0.562. The maximum Gasteiger partial charge on any atom is 0.184 e. The van der Waals surface area contributed by atoms with Gasteiger partial charge in [0.05, 0.1) is 16.4 Å². The third-order valence-corrected chi connectivity index (χ3v) is 5.77. The van der Waals surface area contributed by atoms with E-state index >= 15 is 0 Å². The molecule has 5 heteroatoms. The zero-order valence-corrected chi connectivity index (χ0v) is 11.8. The minimum atomic E-state index is -3.42. The first-order chi connectivity index (χ1) is 9.69. The molecule has 4 nitrogen and oxygen atoms in total. The Bertz CT molecular complexity index is 646. The summed E-state index contributed by atoms with van der Waals surface area (Å²) in [6.07, 6.45) is 2.35. The second-order valence-corrected chi connectivity index (χ2v) is 7.01. The van der Waals surface area contributed by atoms with Crippen molar-refractivity contribution in [3.8, 4) is 0 Å². The van der Waals surface area contributed by atoms with Crippen molar-refractivity contribution in [2.45, 2.75) is 29.1 Å². The van der Waals surface area contributed by atoms with Gasteiger partial charge in [0.1, 0.15) is 11.9 Å². The second-order valence-electron chi connectivity index (χ2n) is 4.85. The van der Waals surface area contributed by atoms with Gasteiger partial charge in [0, 0.05) is 6.61 Å². The van der Waals surface area contributed by atoms with Crippen LogP contribution >= 0.6 is 0 Å². The van der Waals surface area contributed by atoms with Crippen molar-refractivity contribution in [1.82, 2.24) is 0 Å². The average molecular weight is 292 g/mol. The fourth-order valence-corrected chi connectivity index (χ4v) is 4.48. The van der Waals surface area contributed by atoms with Crippen LogP contribution in [0.5, 0.6) is 0 Å². The summed E-state index contributed by atoms with van der Waals surface area (Å²) in [6, 6.07) is 12.0. The van der Waals surface area contributed by atoms with E-state index in [0.29, 0.717) is 23.7 Å². The molecule has 1 fully saturated rings. The molecule has 1 saturated heterocycles. The molecule has 2 heterocycles. The molecular weight excluding hydrogens is 276 g/mol. The van der Waals surface area contributed by atoms with Gasteiger partial charge in [0.15, 0.2) is 9.84 Å². The van der Waals surface area contributed by atoms with Crippen LogP contribution in [0, 0.1) is 0 Å². The van der Waals surface area contributed by atoms with Crippen LogP contribution in [0.1, 0.15) is 24.7 Å². The fourth-order valence-electron chi connectivity index (χ4n) is 2.57. The number of hydrogen-bond acceptors (Lipinski definition) is 4. The van der Waals surface area contributed by atoms with Crippen LogP contribution in [0.25, 0.3) is 0 Å². The van der Waals surface area contributed by atoms with Crippen molar-refractivity contribution in [2.75, 3.05) is 6.61 Å². The summed E-state index contributed by atoms with van der Waals surface area (Å²) < 4.78 is 36.6. The average Bonchev–Trinajstić information content (AvgIpc) is 3.02. The Balaban J connectivity index is 1.98. The third kappa shape index (κ3) is 2.39. The lowest BCUT2D eigenvalue weighted by Gasteiger charge is -2.30. The van der Waals surface area contributed by atoms with E-state index in [0.717, 1.165) is 6.42 Å². The van der Waals surface area contributed by atoms with Gasteiger partial charge in [0.2, 0.25) is 0 Å². The first kappa shape index (κ1) is 13.4. The molecule has 1 aliphatic rings. The molecular formula is C15H16O4S. The molecule has 106 valence electrons. The Morgan fingerprint density at radius 3 is 2.55 bits per heavy atom. The number of rotatable bonds is 3. The standard InChI is InChI=1S/C15H16O4S/c16-20(17,12-6-2-1-3-7-12)14-9-5-11-19-15(14)13-8-4-10-18-13/h1-4,6-8,10,14-15H,5,9,11H2/t14-,15+/m1/s1. The molecule has 0 aliphatic carbocycles. The van der Waals surface area contributed by atoms with Crippen molar-refractivity contribution in [3.63, 3.8) is 0 Å². The van der Waals surface area contributed by atoms with Gasteiger partial charge in [-0.3, -0.25) is 0 Å². The normalized spacial score (nSPS) is 23.6. The zero-order chi connectivity index (χ0) is 14.0. The van der Waals surface area contributed by atoms with E-state index in [9.17, 15) is 8.42 Å². The minimum absolute atomic E-state index is 0.340. The van der Waals surface area contributed by atoms with E-state index < -0.39 is 21.2 Å². The van der Waals surface area contributed by atoms with E-state index in [-0.39, 0.29) is 0 Å². The molecule has 0 unspecified atom stereocenters. The van der Waals surface area contributed by atoms with Gasteiger partial charge in [-0.15, -0.1) is 0 Å². The second kappa shape index (κ2) is 5.42. The van der Waals surface area contributed by atoms with Crippen LogP contribution in [0.15, 0.2) is 58.0 Å². The van der Waals surface area contributed by atoms with Crippen LogP contribution in [0.2, 0.25) is 0 Å². The molecule has 1 aromatic heterocycles. The van der Waals surface area contributed by atoms with Crippen LogP contribution in [-0.4, -0.2) is 20.3 Å². The molecule has 1 aliphatic heterocycles. The van der Waals surface area contributed by atoms with Gasteiger partial charge in [-0.05, 0) is 37.1 Å². The maximum absolute atomic E-state index is 12.8. The highest BCUT2D eigenvalue weighted by Crippen LogP contribution is 2.36. The van der Waals surface area contributed by atoms with Gasteiger partial charge in [0.25, 0.3) is 0 Å². The Labute approximate surface area is 118 Å². The molecule has 0 radical (unpaired) electrons. The molecule has 1 aromatic carbocycles. The lowest BCUT2D eigenvalue weighted by molar-refractivity contribution is 0.00489. The quantitative estimate of drug-likeness (QED) is 0.872.